The second-order valence-corrected chi connectivity index (χ2v) is 11.6. The van der Waals surface area contributed by atoms with Gasteiger partial charge in [-0.05, 0) is 70.0 Å². The van der Waals surface area contributed by atoms with Crippen LogP contribution in [0.25, 0.3) is 16.9 Å². The number of thiazole rings is 1. The van der Waals surface area contributed by atoms with Gasteiger partial charge < -0.3 is 19.9 Å². The number of ether oxygens (including phenoxy) is 1. The molecule has 0 bridgehead atoms. The highest BCUT2D eigenvalue weighted by atomic mass is 32.1. The number of aromatic nitrogens is 4. The second kappa shape index (κ2) is 10.7. The zero-order valence-corrected chi connectivity index (χ0v) is 23.9. The molecule has 12 heteroatoms. The van der Waals surface area contributed by atoms with Crippen LogP contribution in [-0.4, -0.2) is 57.5 Å². The molecule has 10 nitrogen and oxygen atoms in total. The molecule has 1 amide bonds. The Balaban J connectivity index is 1.43. The first-order valence-corrected chi connectivity index (χ1v) is 13.9. The number of carbonyl (C=O) groups excluding carboxylic acids is 1. The summed E-state index contributed by atoms with van der Waals surface area (Å²) in [7, 11) is 1.88. The fourth-order valence-electron chi connectivity index (χ4n) is 4.68. The molecule has 1 atom stereocenters. The lowest BCUT2D eigenvalue weighted by molar-refractivity contribution is 0.0509. The lowest BCUT2D eigenvalue weighted by atomic mass is 10.1. The van der Waals surface area contributed by atoms with Crippen molar-refractivity contribution < 1.29 is 13.9 Å². The first-order chi connectivity index (χ1) is 19.1. The molecule has 1 unspecified atom stereocenters. The van der Waals surface area contributed by atoms with Crippen molar-refractivity contribution >= 4 is 39.8 Å². The van der Waals surface area contributed by atoms with Crippen molar-refractivity contribution in [1.82, 2.24) is 24.9 Å². The van der Waals surface area contributed by atoms with Crippen LogP contribution in [0.2, 0.25) is 0 Å². The predicted octanol–water partition coefficient (Wildman–Crippen LogP) is 5.30. The number of amides is 1. The highest BCUT2D eigenvalue weighted by Gasteiger charge is 2.28. The Morgan fingerprint density at radius 2 is 2.00 bits per heavy atom. The number of imidazole rings is 1. The monoisotopic (exact) mass is 562 g/mol. The summed E-state index contributed by atoms with van der Waals surface area (Å²) in [5.41, 5.74) is 2.17. The van der Waals surface area contributed by atoms with Gasteiger partial charge in [-0.3, -0.25) is 0 Å². The van der Waals surface area contributed by atoms with Crippen LogP contribution < -0.4 is 15.1 Å². The minimum absolute atomic E-state index is 0.0481. The lowest BCUT2D eigenvalue weighted by Crippen LogP contribution is -2.40. The highest BCUT2D eigenvalue weighted by Crippen LogP contribution is 2.37. The van der Waals surface area contributed by atoms with E-state index in [2.05, 4.69) is 16.3 Å². The van der Waals surface area contributed by atoms with Crippen LogP contribution >= 0.6 is 11.3 Å². The standard InChI is InChI=1S/C28H31FN8O2S/c1-6-20-25(35(5)26-33-24(21(15-30)40-26)17-7-9-18(29)10-8-17)37-22(32-20)11-12-23(34-37)36-14-13-19(16-36)31-27(38)39-28(2,3)4/h7-12,19H,6,13-14,16H2,1-5H3,(H,31,38). The van der Waals surface area contributed by atoms with E-state index >= 15 is 0 Å². The Kier molecular flexibility index (Phi) is 7.33. The van der Waals surface area contributed by atoms with Crippen molar-refractivity contribution in [3.63, 3.8) is 0 Å². The molecule has 1 aromatic carbocycles. The Hall–Kier alpha value is -4.24. The normalized spacial score (nSPS) is 15.3. The van der Waals surface area contributed by atoms with Crippen LogP contribution in [-0.2, 0) is 11.2 Å². The molecular formula is C28H31FN8O2S. The van der Waals surface area contributed by atoms with E-state index in [-0.39, 0.29) is 11.9 Å². The largest absolute Gasteiger partial charge is 0.444 e. The molecule has 4 aromatic rings. The first kappa shape index (κ1) is 27.3. The number of benzene rings is 1. The Bertz CT molecular complexity index is 1580. The topological polar surface area (TPSA) is 112 Å². The average molecular weight is 563 g/mol. The fraction of sp³-hybridized carbons (Fsp3) is 0.393. The quantitative estimate of drug-likeness (QED) is 0.337. The zero-order chi connectivity index (χ0) is 28.6. The number of fused-ring (bicyclic) bond motifs is 1. The summed E-state index contributed by atoms with van der Waals surface area (Å²) < 4.78 is 20.7. The number of rotatable bonds is 6. The molecule has 1 aliphatic heterocycles. The number of anilines is 3. The molecule has 3 aromatic heterocycles. The Morgan fingerprint density at radius 3 is 2.67 bits per heavy atom. The number of alkyl carbamates (subject to hydrolysis) is 1. The fourth-order valence-corrected chi connectivity index (χ4v) is 5.53. The van der Waals surface area contributed by atoms with Gasteiger partial charge in [0, 0.05) is 25.7 Å². The van der Waals surface area contributed by atoms with Crippen molar-refractivity contribution in [2.45, 2.75) is 52.2 Å². The van der Waals surface area contributed by atoms with Gasteiger partial charge in [-0.25, -0.2) is 19.2 Å². The summed E-state index contributed by atoms with van der Waals surface area (Å²) >= 11 is 1.26. The van der Waals surface area contributed by atoms with E-state index in [1.807, 2.05) is 51.8 Å². The molecule has 208 valence electrons. The van der Waals surface area contributed by atoms with Crippen molar-refractivity contribution in [3.05, 3.63) is 52.8 Å². The van der Waals surface area contributed by atoms with Crippen LogP contribution in [0.5, 0.6) is 0 Å². The van der Waals surface area contributed by atoms with E-state index in [1.54, 1.807) is 16.6 Å². The second-order valence-electron chi connectivity index (χ2n) is 10.6. The van der Waals surface area contributed by atoms with Gasteiger partial charge in [-0.2, -0.15) is 9.78 Å². The highest BCUT2D eigenvalue weighted by molar-refractivity contribution is 7.16. The maximum Gasteiger partial charge on any atom is 0.407 e. The van der Waals surface area contributed by atoms with E-state index in [0.29, 0.717) is 39.9 Å². The smallest absolute Gasteiger partial charge is 0.407 e. The molecule has 0 radical (unpaired) electrons. The van der Waals surface area contributed by atoms with E-state index in [4.69, 9.17) is 19.8 Å². The van der Waals surface area contributed by atoms with Crippen LogP contribution in [0.4, 0.5) is 26.0 Å². The van der Waals surface area contributed by atoms with E-state index in [0.717, 1.165) is 30.3 Å². The molecular weight excluding hydrogens is 531 g/mol. The van der Waals surface area contributed by atoms with E-state index < -0.39 is 11.7 Å². The Labute approximate surface area is 236 Å². The average Bonchev–Trinajstić information content (AvgIpc) is 3.63. The number of hydrogen-bond acceptors (Lipinski definition) is 9. The number of nitrogens with zero attached hydrogens (tertiary/aromatic N) is 7. The number of carbonyl (C=O) groups is 1. The lowest BCUT2D eigenvalue weighted by Gasteiger charge is -2.22. The minimum atomic E-state index is -0.555. The summed E-state index contributed by atoms with van der Waals surface area (Å²) in [5.74, 6) is 1.17. The molecule has 40 heavy (non-hydrogen) atoms. The van der Waals surface area contributed by atoms with Crippen LogP contribution in [0.3, 0.4) is 0 Å². The molecule has 0 saturated carbocycles. The number of nitriles is 1. The van der Waals surface area contributed by atoms with Gasteiger partial charge in [0.25, 0.3) is 0 Å². The maximum absolute atomic E-state index is 13.5. The molecule has 1 fully saturated rings. The van der Waals surface area contributed by atoms with Crippen molar-refractivity contribution in [1.29, 1.82) is 5.26 Å². The van der Waals surface area contributed by atoms with Gasteiger partial charge in [-0.15, -0.1) is 5.10 Å². The third-order valence-corrected chi connectivity index (χ3v) is 7.55. The maximum atomic E-state index is 13.5. The molecule has 1 N–H and O–H groups in total. The predicted molar refractivity (Wildman–Crippen MR) is 153 cm³/mol. The first-order valence-electron chi connectivity index (χ1n) is 13.1. The molecule has 1 aliphatic rings. The summed E-state index contributed by atoms with van der Waals surface area (Å²) in [6.45, 7) is 8.89. The van der Waals surface area contributed by atoms with Gasteiger partial charge in [0.2, 0.25) is 0 Å². The van der Waals surface area contributed by atoms with Crippen molar-refractivity contribution in [2.24, 2.45) is 0 Å². The van der Waals surface area contributed by atoms with E-state index in [1.165, 1.54) is 23.5 Å². The Morgan fingerprint density at radius 1 is 1.25 bits per heavy atom. The minimum Gasteiger partial charge on any atom is -0.444 e. The van der Waals surface area contributed by atoms with Gasteiger partial charge in [0.15, 0.2) is 16.6 Å². The molecule has 4 heterocycles. The van der Waals surface area contributed by atoms with Crippen LogP contribution in [0.1, 0.15) is 44.7 Å². The number of hydrogen-bond donors (Lipinski definition) is 1. The third-order valence-electron chi connectivity index (χ3n) is 6.52. The molecule has 1 saturated heterocycles. The zero-order valence-electron chi connectivity index (χ0n) is 23.1. The van der Waals surface area contributed by atoms with Crippen LogP contribution in [0, 0.1) is 17.1 Å². The van der Waals surface area contributed by atoms with Crippen molar-refractivity contribution in [3.8, 4) is 17.3 Å². The third kappa shape index (κ3) is 5.56. The summed E-state index contributed by atoms with van der Waals surface area (Å²) in [5, 5.41) is 18.3. The van der Waals surface area contributed by atoms with Gasteiger partial charge in [-0.1, -0.05) is 18.3 Å². The van der Waals surface area contributed by atoms with Gasteiger partial charge in [0.1, 0.15) is 33.9 Å². The molecule has 5 rings (SSSR count). The summed E-state index contributed by atoms with van der Waals surface area (Å²) in [6, 6.07) is 12.0. The summed E-state index contributed by atoms with van der Waals surface area (Å²) in [6.07, 6.45) is 1.03. The number of halogens is 1. The number of aryl methyl sites for hydroxylation is 1. The SMILES string of the molecule is CCc1nc2ccc(N3CCC(NC(=O)OC(C)(C)C)C3)nn2c1N(C)c1nc(-c2ccc(F)cc2)c(C#N)s1. The van der Waals surface area contributed by atoms with Crippen molar-refractivity contribution in [2.75, 3.05) is 29.9 Å². The molecule has 0 spiro atoms. The van der Waals surface area contributed by atoms with E-state index in [9.17, 15) is 14.4 Å². The number of nitrogens with one attached hydrogen (secondary N) is 1. The van der Waals surface area contributed by atoms with Crippen LogP contribution in [0.15, 0.2) is 36.4 Å². The van der Waals surface area contributed by atoms with Gasteiger partial charge in [0.05, 0.1) is 11.7 Å². The summed E-state index contributed by atoms with van der Waals surface area (Å²) in [4.78, 5) is 26.2. The molecule has 0 aliphatic carbocycles. The van der Waals surface area contributed by atoms with Gasteiger partial charge >= 0.3 is 6.09 Å².